The van der Waals surface area contributed by atoms with Crippen LogP contribution in [0.15, 0.2) is 35.3 Å². The number of rotatable bonds is 3. The normalized spacial score (nSPS) is 18.6. The van der Waals surface area contributed by atoms with Crippen LogP contribution in [0.1, 0.15) is 35.0 Å². The molecule has 9 heteroatoms. The van der Waals surface area contributed by atoms with Crippen molar-refractivity contribution in [2.45, 2.75) is 32.4 Å². The predicted octanol–water partition coefficient (Wildman–Crippen LogP) is 1.71. The number of carbonyl (C=O) groups is 1. The van der Waals surface area contributed by atoms with Crippen LogP contribution in [0.4, 0.5) is 5.69 Å². The zero-order valence-electron chi connectivity index (χ0n) is 18.9. The molecular weight excluding hydrogens is 420 g/mol. The Kier molecular flexibility index (Phi) is 5.72. The molecule has 1 saturated heterocycles. The average Bonchev–Trinajstić information content (AvgIpc) is 2.83. The van der Waals surface area contributed by atoms with Gasteiger partial charge in [-0.2, -0.15) is 0 Å². The lowest BCUT2D eigenvalue weighted by Gasteiger charge is -2.43. The van der Waals surface area contributed by atoms with Crippen LogP contribution in [0.25, 0.3) is 11.0 Å². The van der Waals surface area contributed by atoms with Crippen molar-refractivity contribution in [2.24, 2.45) is 0 Å². The molecule has 1 fully saturated rings. The minimum atomic E-state index is -0.185. The molecule has 5 heterocycles. The molecule has 0 spiro atoms. The second-order valence-electron chi connectivity index (χ2n) is 8.55. The summed E-state index contributed by atoms with van der Waals surface area (Å²) in [5.74, 6) is 0.474. The maximum Gasteiger partial charge on any atom is 0.269 e. The van der Waals surface area contributed by atoms with Crippen LogP contribution < -0.4 is 20.5 Å². The highest BCUT2D eigenvalue weighted by Crippen LogP contribution is 2.29. The van der Waals surface area contributed by atoms with Crippen LogP contribution in [0.5, 0.6) is 5.88 Å². The van der Waals surface area contributed by atoms with Gasteiger partial charge in [0.05, 0.1) is 29.5 Å². The molecule has 3 aromatic rings. The number of hydrogen-bond donors (Lipinski definition) is 2. The Morgan fingerprint density at radius 1 is 1.30 bits per heavy atom. The second-order valence-corrected chi connectivity index (χ2v) is 8.55. The molecule has 5 rings (SSSR count). The Hall–Kier alpha value is -3.46. The summed E-state index contributed by atoms with van der Waals surface area (Å²) >= 11 is 0. The monoisotopic (exact) mass is 448 g/mol. The first-order chi connectivity index (χ1) is 16.1. The Morgan fingerprint density at radius 2 is 2.18 bits per heavy atom. The van der Waals surface area contributed by atoms with Crippen molar-refractivity contribution in [2.75, 3.05) is 38.2 Å². The summed E-state index contributed by atoms with van der Waals surface area (Å²) in [6, 6.07) is 7.91. The van der Waals surface area contributed by atoms with Crippen LogP contribution in [0, 0.1) is 0 Å². The topological polar surface area (TPSA) is 103 Å². The number of aromatic nitrogens is 3. The number of carbonyl (C=O) groups excluding carboxylic acids is 1. The van der Waals surface area contributed by atoms with Crippen molar-refractivity contribution in [3.8, 4) is 5.88 Å². The average molecular weight is 449 g/mol. The van der Waals surface area contributed by atoms with E-state index in [1.165, 1.54) is 0 Å². The summed E-state index contributed by atoms with van der Waals surface area (Å²) in [5, 5.41) is 2.60. The summed E-state index contributed by atoms with van der Waals surface area (Å²) in [5.41, 5.74) is 4.62. The van der Waals surface area contributed by atoms with Crippen molar-refractivity contribution in [1.82, 2.24) is 25.2 Å². The number of aryl methyl sites for hydroxylation is 1. The highest BCUT2D eigenvalue weighted by Gasteiger charge is 2.30. The van der Waals surface area contributed by atoms with Crippen molar-refractivity contribution in [3.63, 3.8) is 0 Å². The predicted molar refractivity (Wildman–Crippen MR) is 126 cm³/mol. The van der Waals surface area contributed by atoms with Crippen LogP contribution in [0.2, 0.25) is 0 Å². The molecule has 2 aliphatic heterocycles. The Bertz CT molecular complexity index is 1240. The number of anilines is 1. The lowest BCUT2D eigenvalue weighted by atomic mass is 10.1. The van der Waals surface area contributed by atoms with Gasteiger partial charge in [0.1, 0.15) is 5.69 Å². The van der Waals surface area contributed by atoms with E-state index in [1.807, 2.05) is 25.1 Å². The molecule has 0 aliphatic carbocycles. The van der Waals surface area contributed by atoms with E-state index in [9.17, 15) is 9.59 Å². The summed E-state index contributed by atoms with van der Waals surface area (Å²) in [4.78, 5) is 40.8. The van der Waals surface area contributed by atoms with Gasteiger partial charge in [-0.1, -0.05) is 6.92 Å². The fourth-order valence-electron chi connectivity index (χ4n) is 4.65. The summed E-state index contributed by atoms with van der Waals surface area (Å²) in [7, 11) is 1.60. The number of ether oxygens (including phenoxy) is 1. The molecule has 2 aliphatic rings. The van der Waals surface area contributed by atoms with E-state index in [1.54, 1.807) is 19.3 Å². The van der Waals surface area contributed by atoms with E-state index in [2.05, 4.69) is 25.1 Å². The molecule has 0 saturated carbocycles. The molecule has 1 atom stereocenters. The zero-order chi connectivity index (χ0) is 22.9. The van der Waals surface area contributed by atoms with Crippen LogP contribution in [-0.4, -0.2) is 65.1 Å². The molecule has 2 N–H and O–H groups in total. The maximum atomic E-state index is 12.3. The number of amides is 1. The third-order valence-corrected chi connectivity index (χ3v) is 6.56. The first-order valence-corrected chi connectivity index (χ1v) is 11.4. The lowest BCUT2D eigenvalue weighted by Crippen LogP contribution is -2.53. The molecule has 33 heavy (non-hydrogen) atoms. The van der Waals surface area contributed by atoms with Crippen molar-refractivity contribution in [1.29, 1.82) is 0 Å². The Morgan fingerprint density at radius 3 is 2.94 bits per heavy atom. The molecule has 0 radical (unpaired) electrons. The molecule has 9 nitrogen and oxygen atoms in total. The maximum absolute atomic E-state index is 12.3. The number of H-pyrrole nitrogens is 1. The Balaban J connectivity index is 1.36. The number of piperazine rings is 1. The molecule has 0 bridgehead atoms. The van der Waals surface area contributed by atoms with Gasteiger partial charge >= 0.3 is 0 Å². The molecule has 3 aromatic heterocycles. The van der Waals surface area contributed by atoms with E-state index in [0.717, 1.165) is 60.4 Å². The molecule has 172 valence electrons. The van der Waals surface area contributed by atoms with Gasteiger partial charge in [0, 0.05) is 50.4 Å². The van der Waals surface area contributed by atoms with Crippen LogP contribution >= 0.6 is 0 Å². The van der Waals surface area contributed by atoms with Gasteiger partial charge in [0.15, 0.2) is 0 Å². The highest BCUT2D eigenvalue weighted by molar-refractivity contribution is 5.92. The first-order valence-electron chi connectivity index (χ1n) is 11.4. The van der Waals surface area contributed by atoms with Gasteiger partial charge in [-0.3, -0.25) is 14.5 Å². The summed E-state index contributed by atoms with van der Waals surface area (Å²) < 4.78 is 6.08. The van der Waals surface area contributed by atoms with E-state index < -0.39 is 0 Å². The highest BCUT2D eigenvalue weighted by atomic mass is 16.5. The zero-order valence-corrected chi connectivity index (χ0v) is 18.9. The van der Waals surface area contributed by atoms with Crippen LogP contribution in [0.3, 0.4) is 0 Å². The van der Waals surface area contributed by atoms with Gasteiger partial charge in [-0.25, -0.2) is 9.97 Å². The second kappa shape index (κ2) is 8.82. The van der Waals surface area contributed by atoms with E-state index in [0.29, 0.717) is 30.6 Å². The standard InChI is InChI=1S/C24H28N6O3/c1-3-15-10-21-20(27-22(15)31)11-16-13-29-7-8-30(14-18(29)6-9-33-24(16)28-21)17-4-5-19(26-12-17)23(32)25-2/h4-5,10-12,18H,3,6-9,13-14H2,1-2H3,(H,25,32)(H,27,31)/t18-/m1/s1. The van der Waals surface area contributed by atoms with Gasteiger partial charge in [0.25, 0.3) is 11.5 Å². The first kappa shape index (κ1) is 21.4. The number of fused-ring (bicyclic) bond motifs is 3. The number of hydrogen-bond acceptors (Lipinski definition) is 7. The molecule has 1 amide bonds. The third-order valence-electron chi connectivity index (χ3n) is 6.56. The van der Waals surface area contributed by atoms with Gasteiger partial charge in [-0.15, -0.1) is 0 Å². The van der Waals surface area contributed by atoms with Gasteiger partial charge < -0.3 is 19.9 Å². The fourth-order valence-corrected chi connectivity index (χ4v) is 4.65. The minimum Gasteiger partial charge on any atom is -0.477 e. The van der Waals surface area contributed by atoms with Gasteiger partial charge in [0.2, 0.25) is 5.88 Å². The molecule has 0 unspecified atom stereocenters. The molecular formula is C24H28N6O3. The van der Waals surface area contributed by atoms with E-state index in [4.69, 9.17) is 9.72 Å². The SMILES string of the molecule is CCc1cc2nc3c(cc2[nH]c1=O)CN1CCN(c2ccc(C(=O)NC)nc2)C[C@H]1CCO3. The number of aromatic amines is 1. The molecule has 0 aromatic carbocycles. The lowest BCUT2D eigenvalue weighted by molar-refractivity contribution is 0.0958. The third kappa shape index (κ3) is 4.16. The minimum absolute atomic E-state index is 0.0546. The van der Waals surface area contributed by atoms with Crippen molar-refractivity contribution < 1.29 is 9.53 Å². The number of nitrogens with one attached hydrogen (secondary N) is 2. The Labute approximate surface area is 191 Å². The largest absolute Gasteiger partial charge is 0.477 e. The van der Waals surface area contributed by atoms with Crippen LogP contribution in [-0.2, 0) is 13.0 Å². The smallest absolute Gasteiger partial charge is 0.269 e. The fraction of sp³-hybridized carbons (Fsp3) is 0.417. The van der Waals surface area contributed by atoms with E-state index in [-0.39, 0.29) is 11.5 Å². The van der Waals surface area contributed by atoms with Gasteiger partial charge in [-0.05, 0) is 37.1 Å². The van der Waals surface area contributed by atoms with Crippen molar-refractivity contribution >= 4 is 22.6 Å². The quantitative estimate of drug-likeness (QED) is 0.629. The summed E-state index contributed by atoms with van der Waals surface area (Å²) in [6.45, 7) is 5.89. The van der Waals surface area contributed by atoms with Crippen molar-refractivity contribution in [3.05, 3.63) is 57.6 Å². The summed E-state index contributed by atoms with van der Waals surface area (Å²) in [6.07, 6.45) is 3.33. The number of nitrogens with zero attached hydrogens (tertiary/aromatic N) is 4. The van der Waals surface area contributed by atoms with E-state index >= 15 is 0 Å². The number of pyridine rings is 3.